The number of aryl methyl sites for hydroxylation is 3. The van der Waals surface area contributed by atoms with E-state index >= 15 is 0 Å². The third-order valence-electron chi connectivity index (χ3n) is 5.14. The first-order valence-electron chi connectivity index (χ1n) is 10.2. The van der Waals surface area contributed by atoms with Gasteiger partial charge in [0.15, 0.2) is 0 Å². The van der Waals surface area contributed by atoms with Gasteiger partial charge in [0.05, 0.1) is 11.0 Å². The zero-order valence-corrected chi connectivity index (χ0v) is 18.5. The maximum absolute atomic E-state index is 12.4. The van der Waals surface area contributed by atoms with Gasteiger partial charge >= 0.3 is 0 Å². The minimum absolute atomic E-state index is 0.108. The molecule has 1 N–H and O–H groups in total. The molecule has 0 spiro atoms. The maximum Gasteiger partial charge on any atom is 0.255 e. The van der Waals surface area contributed by atoms with Gasteiger partial charge in [0.1, 0.15) is 5.82 Å². The number of halogens is 1. The Hall–Kier alpha value is -2.92. The van der Waals surface area contributed by atoms with E-state index in [0.717, 1.165) is 47.3 Å². The van der Waals surface area contributed by atoms with Crippen molar-refractivity contribution < 1.29 is 4.79 Å². The molecule has 5 heteroatoms. The highest BCUT2D eigenvalue weighted by Crippen LogP contribution is 2.19. The second-order valence-corrected chi connectivity index (χ2v) is 8.24. The Morgan fingerprint density at radius 3 is 2.43 bits per heavy atom. The van der Waals surface area contributed by atoms with Gasteiger partial charge in [0.25, 0.3) is 5.91 Å². The van der Waals surface area contributed by atoms with Crippen LogP contribution in [0.2, 0.25) is 0 Å². The van der Waals surface area contributed by atoms with Crippen LogP contribution >= 0.6 is 15.9 Å². The molecule has 4 nitrogen and oxygen atoms in total. The molecule has 0 unspecified atom stereocenters. The number of hydrogen-bond donors (Lipinski definition) is 1. The molecule has 152 valence electrons. The molecule has 3 aromatic carbocycles. The monoisotopic (exact) mass is 461 g/mol. The van der Waals surface area contributed by atoms with Crippen LogP contribution in [-0.2, 0) is 19.4 Å². The van der Waals surface area contributed by atoms with Gasteiger partial charge in [0, 0.05) is 28.7 Å². The number of rotatable bonds is 7. The Labute approximate surface area is 185 Å². The SMILES string of the molecule is CCCn1c(CCc2ccc(NC(=O)c3ccc(Br)cc3)cc2)nc2ccccc21. The molecule has 0 atom stereocenters. The molecule has 1 amide bonds. The Balaban J connectivity index is 1.42. The van der Waals surface area contributed by atoms with Crippen LogP contribution in [0.4, 0.5) is 5.69 Å². The summed E-state index contributed by atoms with van der Waals surface area (Å²) >= 11 is 3.39. The van der Waals surface area contributed by atoms with Gasteiger partial charge in [0.2, 0.25) is 0 Å². The highest BCUT2D eigenvalue weighted by molar-refractivity contribution is 9.10. The third kappa shape index (κ3) is 4.62. The molecule has 0 radical (unpaired) electrons. The smallest absolute Gasteiger partial charge is 0.255 e. The average molecular weight is 462 g/mol. The fourth-order valence-electron chi connectivity index (χ4n) is 3.60. The molecule has 4 rings (SSSR count). The number of aromatic nitrogens is 2. The summed E-state index contributed by atoms with van der Waals surface area (Å²) in [5.74, 6) is 1.02. The molecule has 0 aliphatic heterocycles. The predicted molar refractivity (Wildman–Crippen MR) is 126 cm³/mol. The zero-order chi connectivity index (χ0) is 20.9. The van der Waals surface area contributed by atoms with Crippen molar-refractivity contribution in [3.63, 3.8) is 0 Å². The summed E-state index contributed by atoms with van der Waals surface area (Å²) in [5.41, 5.74) is 4.93. The van der Waals surface area contributed by atoms with Crippen LogP contribution in [0.5, 0.6) is 0 Å². The van der Waals surface area contributed by atoms with Crippen molar-refractivity contribution >= 4 is 38.6 Å². The normalized spacial score (nSPS) is 11.0. The zero-order valence-electron chi connectivity index (χ0n) is 16.9. The van der Waals surface area contributed by atoms with Gasteiger partial charge in [-0.25, -0.2) is 4.98 Å². The fraction of sp³-hybridized carbons (Fsp3) is 0.200. The van der Waals surface area contributed by atoms with Crippen LogP contribution in [0.1, 0.15) is 35.1 Å². The van der Waals surface area contributed by atoms with Crippen LogP contribution in [0.3, 0.4) is 0 Å². The fourth-order valence-corrected chi connectivity index (χ4v) is 3.87. The topological polar surface area (TPSA) is 46.9 Å². The number of benzene rings is 3. The Bertz CT molecular complexity index is 1150. The number of nitrogens with one attached hydrogen (secondary N) is 1. The lowest BCUT2D eigenvalue weighted by molar-refractivity contribution is 0.102. The number of nitrogens with zero attached hydrogens (tertiary/aromatic N) is 2. The molecule has 30 heavy (non-hydrogen) atoms. The highest BCUT2D eigenvalue weighted by Gasteiger charge is 2.10. The molecule has 0 saturated heterocycles. The summed E-state index contributed by atoms with van der Waals surface area (Å²) < 4.78 is 3.29. The van der Waals surface area contributed by atoms with Gasteiger partial charge in [-0.3, -0.25) is 4.79 Å². The number of hydrogen-bond acceptors (Lipinski definition) is 2. The van der Waals surface area contributed by atoms with Crippen LogP contribution in [-0.4, -0.2) is 15.5 Å². The van der Waals surface area contributed by atoms with Crippen molar-refractivity contribution in [1.82, 2.24) is 9.55 Å². The van der Waals surface area contributed by atoms with Gasteiger partial charge in [-0.05, 0) is 66.9 Å². The number of imidazole rings is 1. The van der Waals surface area contributed by atoms with Crippen LogP contribution < -0.4 is 5.32 Å². The standard InChI is InChI=1S/C25H24BrN3O/c1-2-17-29-23-6-4-3-5-22(23)28-24(29)16-9-18-7-14-21(15-8-18)27-25(30)19-10-12-20(26)13-11-19/h3-8,10-15H,2,9,16-17H2,1H3,(H,27,30). The molecule has 0 aliphatic carbocycles. The number of amides is 1. The summed E-state index contributed by atoms with van der Waals surface area (Å²) in [7, 11) is 0. The lowest BCUT2D eigenvalue weighted by Gasteiger charge is -2.09. The van der Waals surface area contributed by atoms with Crippen LogP contribution in [0.15, 0.2) is 77.3 Å². The second-order valence-electron chi connectivity index (χ2n) is 7.33. The third-order valence-corrected chi connectivity index (χ3v) is 5.66. The van der Waals surface area contributed by atoms with Crippen molar-refractivity contribution in [3.05, 3.63) is 94.2 Å². The predicted octanol–water partition coefficient (Wildman–Crippen LogP) is 6.25. The minimum Gasteiger partial charge on any atom is -0.328 e. The Morgan fingerprint density at radius 1 is 0.967 bits per heavy atom. The van der Waals surface area contributed by atoms with Crippen molar-refractivity contribution in [2.45, 2.75) is 32.7 Å². The van der Waals surface area contributed by atoms with E-state index in [-0.39, 0.29) is 5.91 Å². The minimum atomic E-state index is -0.108. The van der Waals surface area contributed by atoms with Gasteiger partial charge in [-0.2, -0.15) is 0 Å². The molecular formula is C25H24BrN3O. The van der Waals surface area contributed by atoms with Crippen LogP contribution in [0, 0.1) is 0 Å². The first-order chi connectivity index (χ1) is 14.6. The molecule has 0 saturated carbocycles. The van der Waals surface area contributed by atoms with E-state index in [4.69, 9.17) is 4.98 Å². The molecule has 1 aromatic heterocycles. The van der Waals surface area contributed by atoms with Crippen molar-refractivity contribution in [1.29, 1.82) is 0 Å². The van der Waals surface area contributed by atoms with Crippen molar-refractivity contribution in [3.8, 4) is 0 Å². The maximum atomic E-state index is 12.4. The van der Waals surface area contributed by atoms with E-state index in [2.05, 4.69) is 63.1 Å². The van der Waals surface area contributed by atoms with Gasteiger partial charge in [-0.15, -0.1) is 0 Å². The van der Waals surface area contributed by atoms with E-state index in [1.807, 2.05) is 30.3 Å². The lowest BCUT2D eigenvalue weighted by Crippen LogP contribution is -2.11. The first kappa shape index (κ1) is 20.4. The molecule has 0 aliphatic rings. The average Bonchev–Trinajstić information content (AvgIpc) is 3.11. The first-order valence-corrected chi connectivity index (χ1v) is 11.0. The summed E-state index contributed by atoms with van der Waals surface area (Å²) in [6, 6.07) is 23.7. The van der Waals surface area contributed by atoms with E-state index < -0.39 is 0 Å². The number of carbonyl (C=O) groups is 1. The highest BCUT2D eigenvalue weighted by atomic mass is 79.9. The van der Waals surface area contributed by atoms with E-state index in [0.29, 0.717) is 5.56 Å². The number of para-hydroxylation sites is 2. The molecule has 4 aromatic rings. The van der Waals surface area contributed by atoms with Crippen molar-refractivity contribution in [2.24, 2.45) is 0 Å². The second kappa shape index (κ2) is 9.26. The number of carbonyl (C=O) groups excluding carboxylic acids is 1. The van der Waals surface area contributed by atoms with E-state index in [1.54, 1.807) is 12.1 Å². The molecule has 0 fully saturated rings. The van der Waals surface area contributed by atoms with Crippen LogP contribution in [0.25, 0.3) is 11.0 Å². The molecular weight excluding hydrogens is 438 g/mol. The number of anilines is 1. The van der Waals surface area contributed by atoms with Gasteiger partial charge < -0.3 is 9.88 Å². The van der Waals surface area contributed by atoms with E-state index in [9.17, 15) is 4.79 Å². The largest absolute Gasteiger partial charge is 0.328 e. The quantitative estimate of drug-likeness (QED) is 0.353. The molecule has 0 bridgehead atoms. The summed E-state index contributed by atoms with van der Waals surface area (Å²) in [6.07, 6.45) is 2.88. The van der Waals surface area contributed by atoms with Crippen molar-refractivity contribution in [2.75, 3.05) is 5.32 Å². The summed E-state index contributed by atoms with van der Waals surface area (Å²) in [6.45, 7) is 3.18. The Morgan fingerprint density at radius 2 is 1.70 bits per heavy atom. The summed E-state index contributed by atoms with van der Waals surface area (Å²) in [5, 5.41) is 2.95. The summed E-state index contributed by atoms with van der Waals surface area (Å²) in [4.78, 5) is 17.2. The Kier molecular flexibility index (Phi) is 6.29. The number of fused-ring (bicyclic) bond motifs is 1. The molecule has 1 heterocycles. The van der Waals surface area contributed by atoms with Gasteiger partial charge in [-0.1, -0.05) is 47.1 Å². The van der Waals surface area contributed by atoms with E-state index in [1.165, 1.54) is 11.1 Å². The lowest BCUT2D eigenvalue weighted by atomic mass is 10.1.